The molecule has 1 heterocycles. The van der Waals surface area contributed by atoms with Crippen molar-refractivity contribution in [2.24, 2.45) is 0 Å². The van der Waals surface area contributed by atoms with Crippen LogP contribution in [0.15, 0.2) is 42.5 Å². The maximum atomic E-state index is 12.5. The van der Waals surface area contributed by atoms with Crippen molar-refractivity contribution in [2.75, 3.05) is 32.9 Å². The summed E-state index contributed by atoms with van der Waals surface area (Å²) in [4.78, 5) is 26.6. The number of nitrogens with one attached hydrogen (secondary N) is 1. The van der Waals surface area contributed by atoms with Gasteiger partial charge in [-0.05, 0) is 62.9 Å². The number of ether oxygens (including phenoxy) is 3. The molecule has 1 aliphatic heterocycles. The van der Waals surface area contributed by atoms with Gasteiger partial charge in [0.25, 0.3) is 11.8 Å². The van der Waals surface area contributed by atoms with E-state index in [1.54, 1.807) is 11.0 Å². The summed E-state index contributed by atoms with van der Waals surface area (Å²) >= 11 is 0. The second kappa shape index (κ2) is 11.4. The first-order valence-electron chi connectivity index (χ1n) is 11.1. The third-order valence-electron chi connectivity index (χ3n) is 5.63. The molecule has 7 nitrogen and oxygen atoms in total. The molecule has 0 atom stereocenters. The summed E-state index contributed by atoms with van der Waals surface area (Å²) in [7, 11) is 0. The van der Waals surface area contributed by atoms with Gasteiger partial charge in [0.05, 0.1) is 6.61 Å². The summed E-state index contributed by atoms with van der Waals surface area (Å²) < 4.78 is 16.9. The molecule has 0 bridgehead atoms. The molecule has 32 heavy (non-hydrogen) atoms. The highest BCUT2D eigenvalue weighted by Crippen LogP contribution is 2.26. The topological polar surface area (TPSA) is 77.1 Å². The Morgan fingerprint density at radius 1 is 0.906 bits per heavy atom. The van der Waals surface area contributed by atoms with Gasteiger partial charge in [-0.15, -0.1) is 0 Å². The minimum Gasteiger partial charge on any atom is -0.490 e. The summed E-state index contributed by atoms with van der Waals surface area (Å²) in [5, 5.41) is 3.01. The Bertz CT molecular complexity index is 922. The van der Waals surface area contributed by atoms with E-state index in [2.05, 4.69) is 5.32 Å². The third kappa shape index (κ3) is 6.39. The van der Waals surface area contributed by atoms with Crippen molar-refractivity contribution in [1.82, 2.24) is 10.2 Å². The maximum absolute atomic E-state index is 12.5. The molecule has 2 aromatic rings. The molecule has 2 amide bonds. The molecule has 1 aliphatic rings. The number of benzene rings is 2. The molecule has 7 heteroatoms. The zero-order valence-electron chi connectivity index (χ0n) is 19.1. The van der Waals surface area contributed by atoms with Crippen molar-refractivity contribution < 1.29 is 23.8 Å². The molecule has 1 fully saturated rings. The molecule has 0 aliphatic carbocycles. The van der Waals surface area contributed by atoms with Crippen LogP contribution in [0.1, 0.15) is 30.9 Å². The largest absolute Gasteiger partial charge is 0.490 e. The van der Waals surface area contributed by atoms with Crippen LogP contribution in [-0.4, -0.2) is 55.7 Å². The van der Waals surface area contributed by atoms with Crippen LogP contribution in [0.2, 0.25) is 0 Å². The number of amides is 2. The van der Waals surface area contributed by atoms with Gasteiger partial charge in [0.15, 0.2) is 24.7 Å². The van der Waals surface area contributed by atoms with E-state index in [9.17, 15) is 9.59 Å². The highest BCUT2D eigenvalue weighted by atomic mass is 16.5. The number of para-hydroxylation sites is 2. The summed E-state index contributed by atoms with van der Waals surface area (Å²) in [6.07, 6.45) is 1.41. The number of aryl methyl sites for hydroxylation is 1. The van der Waals surface area contributed by atoms with Gasteiger partial charge in [-0.25, -0.2) is 0 Å². The number of carbonyl (C=O) groups excluding carboxylic acids is 2. The summed E-state index contributed by atoms with van der Waals surface area (Å²) in [5.41, 5.74) is 2.17. The van der Waals surface area contributed by atoms with Crippen molar-refractivity contribution in [3.05, 3.63) is 53.6 Å². The maximum Gasteiger partial charge on any atom is 0.260 e. The lowest BCUT2D eigenvalue weighted by Crippen LogP contribution is -2.48. The lowest BCUT2D eigenvalue weighted by Gasteiger charge is -2.32. The van der Waals surface area contributed by atoms with Crippen molar-refractivity contribution in [2.45, 2.75) is 39.7 Å². The lowest BCUT2D eigenvalue weighted by atomic mass is 10.1. The van der Waals surface area contributed by atoms with E-state index in [0.717, 1.165) is 16.9 Å². The molecule has 1 saturated heterocycles. The van der Waals surface area contributed by atoms with E-state index < -0.39 is 0 Å². The van der Waals surface area contributed by atoms with E-state index in [4.69, 9.17) is 14.2 Å². The van der Waals surface area contributed by atoms with E-state index in [0.29, 0.717) is 44.0 Å². The van der Waals surface area contributed by atoms with Crippen LogP contribution in [0.25, 0.3) is 0 Å². The average molecular weight is 441 g/mol. The Morgan fingerprint density at radius 3 is 2.22 bits per heavy atom. The van der Waals surface area contributed by atoms with Gasteiger partial charge in [-0.1, -0.05) is 24.3 Å². The van der Waals surface area contributed by atoms with Gasteiger partial charge in [-0.3, -0.25) is 9.59 Å². The first-order valence-corrected chi connectivity index (χ1v) is 11.1. The highest BCUT2D eigenvalue weighted by Gasteiger charge is 2.24. The van der Waals surface area contributed by atoms with Gasteiger partial charge in [0, 0.05) is 19.1 Å². The van der Waals surface area contributed by atoms with Crippen LogP contribution in [0, 0.1) is 13.8 Å². The van der Waals surface area contributed by atoms with Crippen molar-refractivity contribution in [3.8, 4) is 17.2 Å². The minimum atomic E-state index is -0.147. The summed E-state index contributed by atoms with van der Waals surface area (Å²) in [6, 6.07) is 13.2. The van der Waals surface area contributed by atoms with Gasteiger partial charge >= 0.3 is 0 Å². The Morgan fingerprint density at radius 2 is 1.53 bits per heavy atom. The van der Waals surface area contributed by atoms with E-state index in [1.807, 2.05) is 57.2 Å². The number of hydrogen-bond acceptors (Lipinski definition) is 5. The van der Waals surface area contributed by atoms with E-state index in [1.165, 1.54) is 0 Å². The second-order valence-corrected chi connectivity index (χ2v) is 7.88. The molecule has 0 saturated carbocycles. The molecule has 2 aromatic carbocycles. The number of rotatable bonds is 9. The van der Waals surface area contributed by atoms with Crippen molar-refractivity contribution >= 4 is 11.8 Å². The molecule has 172 valence electrons. The standard InChI is InChI=1S/C25H32N2O5/c1-4-30-22-9-5-6-10-23(22)32-17-25(29)27-14-12-20(13-15-27)26-24(28)16-31-21-11-7-8-18(2)19(21)3/h5-11,20H,4,12-17H2,1-3H3,(H,26,28). The molecule has 3 rings (SSSR count). The number of carbonyl (C=O) groups is 2. The smallest absolute Gasteiger partial charge is 0.260 e. The zero-order valence-corrected chi connectivity index (χ0v) is 19.1. The zero-order chi connectivity index (χ0) is 22.9. The predicted molar refractivity (Wildman–Crippen MR) is 122 cm³/mol. The van der Waals surface area contributed by atoms with Gasteiger partial charge in [0.1, 0.15) is 5.75 Å². The van der Waals surface area contributed by atoms with Gasteiger partial charge < -0.3 is 24.4 Å². The summed E-state index contributed by atoms with van der Waals surface area (Å²) in [6.45, 7) is 7.54. The third-order valence-corrected chi connectivity index (χ3v) is 5.63. The van der Waals surface area contributed by atoms with Crippen LogP contribution >= 0.6 is 0 Å². The monoisotopic (exact) mass is 440 g/mol. The van der Waals surface area contributed by atoms with Crippen LogP contribution in [0.4, 0.5) is 0 Å². The fourth-order valence-corrected chi connectivity index (χ4v) is 3.64. The first kappa shape index (κ1) is 23.4. The van der Waals surface area contributed by atoms with Gasteiger partial charge in [-0.2, -0.15) is 0 Å². The molecule has 0 aromatic heterocycles. The fraction of sp³-hybridized carbons (Fsp3) is 0.440. The molecular weight excluding hydrogens is 408 g/mol. The molecule has 0 spiro atoms. The Labute approximate surface area is 189 Å². The first-order chi connectivity index (χ1) is 15.5. The van der Waals surface area contributed by atoms with E-state index in [-0.39, 0.29) is 31.1 Å². The highest BCUT2D eigenvalue weighted by molar-refractivity contribution is 5.79. The van der Waals surface area contributed by atoms with Crippen molar-refractivity contribution in [1.29, 1.82) is 0 Å². The lowest BCUT2D eigenvalue weighted by molar-refractivity contribution is -0.134. The van der Waals surface area contributed by atoms with Crippen molar-refractivity contribution in [3.63, 3.8) is 0 Å². The fourth-order valence-electron chi connectivity index (χ4n) is 3.64. The SMILES string of the molecule is CCOc1ccccc1OCC(=O)N1CCC(NC(=O)COc2cccc(C)c2C)CC1. The molecular formula is C25H32N2O5. The molecule has 0 unspecified atom stereocenters. The number of nitrogens with zero attached hydrogens (tertiary/aromatic N) is 1. The normalized spacial score (nSPS) is 14.0. The Hall–Kier alpha value is -3.22. The quantitative estimate of drug-likeness (QED) is 0.648. The predicted octanol–water partition coefficient (Wildman–Crippen LogP) is 3.27. The Kier molecular flexibility index (Phi) is 8.36. The Balaban J connectivity index is 1.39. The van der Waals surface area contributed by atoms with Gasteiger partial charge in [0.2, 0.25) is 0 Å². The van der Waals surface area contributed by atoms with Crippen LogP contribution < -0.4 is 19.5 Å². The van der Waals surface area contributed by atoms with Crippen LogP contribution in [0.5, 0.6) is 17.2 Å². The molecule has 1 N–H and O–H groups in total. The average Bonchev–Trinajstić information content (AvgIpc) is 2.80. The van der Waals surface area contributed by atoms with E-state index >= 15 is 0 Å². The molecule has 0 radical (unpaired) electrons. The minimum absolute atomic E-state index is 0.0173. The number of piperidine rings is 1. The number of likely N-dealkylation sites (tertiary alicyclic amines) is 1. The van der Waals surface area contributed by atoms with Crippen LogP contribution in [-0.2, 0) is 9.59 Å². The second-order valence-electron chi connectivity index (χ2n) is 7.88. The summed E-state index contributed by atoms with van der Waals surface area (Å²) in [5.74, 6) is 1.71. The number of hydrogen-bond donors (Lipinski definition) is 1. The van der Waals surface area contributed by atoms with Crippen LogP contribution in [0.3, 0.4) is 0 Å².